The summed E-state index contributed by atoms with van der Waals surface area (Å²) in [6, 6.07) is 6.52. The number of hydrogen-bond acceptors (Lipinski definition) is 3. The van der Waals surface area contributed by atoms with Gasteiger partial charge in [-0.2, -0.15) is 0 Å². The van der Waals surface area contributed by atoms with Crippen molar-refractivity contribution in [2.75, 3.05) is 13.1 Å². The second-order valence-electron chi connectivity index (χ2n) is 4.35. The highest BCUT2D eigenvalue weighted by Gasteiger charge is 2.19. The average Bonchev–Trinajstić information content (AvgIpc) is 2.39. The molecule has 0 spiro atoms. The second-order valence-corrected chi connectivity index (χ2v) is 4.35. The number of carbonyl (C=O) groups is 1. The smallest absolute Gasteiger partial charge is 0.423 e. The topological polar surface area (TPSA) is 60.8 Å². The van der Waals surface area contributed by atoms with Gasteiger partial charge in [-0.15, -0.1) is 0 Å². The van der Waals surface area contributed by atoms with Crippen molar-refractivity contribution >= 4 is 18.5 Å². The third-order valence-corrected chi connectivity index (χ3v) is 3.07. The van der Waals surface area contributed by atoms with E-state index in [0.29, 0.717) is 11.0 Å². The van der Waals surface area contributed by atoms with Crippen LogP contribution in [0.3, 0.4) is 0 Å². The van der Waals surface area contributed by atoms with Crippen LogP contribution in [0.2, 0.25) is 0 Å². The Morgan fingerprint density at radius 2 is 1.88 bits per heavy atom. The number of amides is 1. The van der Waals surface area contributed by atoms with Crippen molar-refractivity contribution in [1.82, 2.24) is 4.90 Å². The molecular formula is C12H16BNO3. The fraction of sp³-hybridized carbons (Fsp3) is 0.417. The maximum absolute atomic E-state index is 12.1. The Kier molecular flexibility index (Phi) is 3.81. The van der Waals surface area contributed by atoms with E-state index >= 15 is 0 Å². The van der Waals surface area contributed by atoms with Gasteiger partial charge in [0.2, 0.25) is 0 Å². The van der Waals surface area contributed by atoms with Gasteiger partial charge in [0.15, 0.2) is 0 Å². The summed E-state index contributed by atoms with van der Waals surface area (Å²) in [6.45, 7) is 1.59. The van der Waals surface area contributed by atoms with Crippen LogP contribution >= 0.6 is 0 Å². The Morgan fingerprint density at radius 1 is 1.18 bits per heavy atom. The summed E-state index contributed by atoms with van der Waals surface area (Å²) in [6.07, 6.45) is 3.28. The fourth-order valence-corrected chi connectivity index (χ4v) is 2.11. The van der Waals surface area contributed by atoms with Crippen LogP contribution in [0.25, 0.3) is 0 Å². The molecule has 0 aliphatic carbocycles. The monoisotopic (exact) mass is 233 g/mol. The van der Waals surface area contributed by atoms with Crippen molar-refractivity contribution in [3.8, 4) is 0 Å². The number of nitrogens with zero attached hydrogens (tertiary/aromatic N) is 1. The van der Waals surface area contributed by atoms with Gasteiger partial charge in [0.05, 0.1) is 0 Å². The van der Waals surface area contributed by atoms with E-state index in [4.69, 9.17) is 10.0 Å². The van der Waals surface area contributed by atoms with Crippen molar-refractivity contribution in [2.45, 2.75) is 19.3 Å². The molecule has 90 valence electrons. The molecule has 0 bridgehead atoms. The second kappa shape index (κ2) is 5.34. The molecule has 1 aliphatic rings. The minimum Gasteiger partial charge on any atom is -0.423 e. The van der Waals surface area contributed by atoms with Gasteiger partial charge in [-0.25, -0.2) is 0 Å². The van der Waals surface area contributed by atoms with Crippen molar-refractivity contribution in [3.63, 3.8) is 0 Å². The molecule has 1 aliphatic heterocycles. The first-order valence-electron chi connectivity index (χ1n) is 5.94. The number of carbonyl (C=O) groups excluding carboxylic acids is 1. The van der Waals surface area contributed by atoms with Crippen LogP contribution in [0.1, 0.15) is 29.6 Å². The normalized spacial score (nSPS) is 15.8. The van der Waals surface area contributed by atoms with E-state index in [2.05, 4.69) is 0 Å². The minimum absolute atomic E-state index is 0.0211. The molecule has 2 N–H and O–H groups in total. The van der Waals surface area contributed by atoms with Gasteiger partial charge < -0.3 is 14.9 Å². The summed E-state index contributed by atoms with van der Waals surface area (Å²) in [4.78, 5) is 14.0. The lowest BCUT2D eigenvalue weighted by Crippen LogP contribution is -2.37. The van der Waals surface area contributed by atoms with Crippen LogP contribution < -0.4 is 5.46 Å². The molecule has 1 fully saturated rings. The van der Waals surface area contributed by atoms with Crippen LogP contribution in [-0.2, 0) is 0 Å². The zero-order valence-corrected chi connectivity index (χ0v) is 9.67. The number of piperidine rings is 1. The van der Waals surface area contributed by atoms with Gasteiger partial charge >= 0.3 is 7.12 Å². The van der Waals surface area contributed by atoms with Gasteiger partial charge in [-0.3, -0.25) is 4.79 Å². The van der Waals surface area contributed by atoms with Gasteiger partial charge in [0, 0.05) is 18.7 Å². The quantitative estimate of drug-likeness (QED) is 0.706. The van der Waals surface area contributed by atoms with E-state index in [9.17, 15) is 4.79 Å². The third-order valence-electron chi connectivity index (χ3n) is 3.07. The Morgan fingerprint density at radius 3 is 2.53 bits per heavy atom. The molecule has 0 aromatic heterocycles. The molecule has 1 saturated heterocycles. The van der Waals surface area contributed by atoms with Gasteiger partial charge in [0.25, 0.3) is 5.91 Å². The molecule has 1 amide bonds. The summed E-state index contributed by atoms with van der Waals surface area (Å²) in [5, 5.41) is 18.1. The first-order chi connectivity index (χ1) is 8.18. The van der Waals surface area contributed by atoms with Crippen molar-refractivity contribution in [1.29, 1.82) is 0 Å². The SMILES string of the molecule is O=C(c1cccc(B(O)O)c1)N1CCCCC1. The van der Waals surface area contributed by atoms with E-state index in [1.807, 2.05) is 4.90 Å². The molecule has 0 radical (unpaired) electrons. The standard InChI is InChI=1S/C12H16BNO3/c15-12(14-7-2-1-3-8-14)10-5-4-6-11(9-10)13(16)17/h4-6,9,16-17H,1-3,7-8H2. The maximum Gasteiger partial charge on any atom is 0.488 e. The van der Waals surface area contributed by atoms with Crippen LogP contribution in [0, 0.1) is 0 Å². The lowest BCUT2D eigenvalue weighted by molar-refractivity contribution is 0.0724. The average molecular weight is 233 g/mol. The van der Waals surface area contributed by atoms with E-state index in [1.54, 1.807) is 24.3 Å². The van der Waals surface area contributed by atoms with Crippen molar-refractivity contribution in [3.05, 3.63) is 29.8 Å². The van der Waals surface area contributed by atoms with E-state index in [-0.39, 0.29) is 5.91 Å². The summed E-state index contributed by atoms with van der Waals surface area (Å²) < 4.78 is 0. The Balaban J connectivity index is 2.15. The highest BCUT2D eigenvalue weighted by atomic mass is 16.4. The van der Waals surface area contributed by atoms with E-state index < -0.39 is 7.12 Å². The fourth-order valence-electron chi connectivity index (χ4n) is 2.11. The molecule has 4 nitrogen and oxygen atoms in total. The number of benzene rings is 1. The Hall–Kier alpha value is -1.33. The lowest BCUT2D eigenvalue weighted by Gasteiger charge is -2.26. The molecule has 0 atom stereocenters. The van der Waals surface area contributed by atoms with E-state index in [1.165, 1.54) is 6.42 Å². The highest BCUT2D eigenvalue weighted by Crippen LogP contribution is 2.12. The molecule has 2 rings (SSSR count). The van der Waals surface area contributed by atoms with Crippen LogP contribution in [0.15, 0.2) is 24.3 Å². The lowest BCUT2D eigenvalue weighted by atomic mass is 9.79. The summed E-state index contributed by atoms with van der Waals surface area (Å²) in [7, 11) is -1.52. The highest BCUT2D eigenvalue weighted by molar-refractivity contribution is 6.58. The summed E-state index contributed by atoms with van der Waals surface area (Å²) in [5.74, 6) is -0.0211. The summed E-state index contributed by atoms with van der Waals surface area (Å²) in [5.41, 5.74) is 0.880. The number of rotatable bonds is 2. The van der Waals surface area contributed by atoms with Gasteiger partial charge in [-0.05, 0) is 36.9 Å². The van der Waals surface area contributed by atoms with Crippen LogP contribution in [0.4, 0.5) is 0 Å². The van der Waals surface area contributed by atoms with Crippen molar-refractivity contribution < 1.29 is 14.8 Å². The van der Waals surface area contributed by atoms with Gasteiger partial charge in [-0.1, -0.05) is 12.1 Å². The van der Waals surface area contributed by atoms with Crippen molar-refractivity contribution in [2.24, 2.45) is 0 Å². The predicted octanol–water partition coefficient (Wildman–Crippen LogP) is -0.00750. The first-order valence-corrected chi connectivity index (χ1v) is 5.94. The largest absolute Gasteiger partial charge is 0.488 e. The Labute approximate surface area is 101 Å². The predicted molar refractivity (Wildman–Crippen MR) is 66.0 cm³/mol. The van der Waals surface area contributed by atoms with Crippen LogP contribution in [-0.4, -0.2) is 41.1 Å². The Bertz CT molecular complexity index is 402. The molecule has 5 heteroatoms. The number of hydrogen-bond donors (Lipinski definition) is 2. The molecule has 0 unspecified atom stereocenters. The molecule has 0 saturated carbocycles. The zero-order valence-electron chi connectivity index (χ0n) is 9.67. The van der Waals surface area contributed by atoms with Crippen LogP contribution in [0.5, 0.6) is 0 Å². The first kappa shape index (κ1) is 12.1. The van der Waals surface area contributed by atoms with E-state index in [0.717, 1.165) is 25.9 Å². The molecule has 1 aromatic rings. The molecular weight excluding hydrogens is 217 g/mol. The van der Waals surface area contributed by atoms with Gasteiger partial charge in [0.1, 0.15) is 0 Å². The molecule has 17 heavy (non-hydrogen) atoms. The molecule has 1 heterocycles. The third kappa shape index (κ3) is 2.87. The maximum atomic E-state index is 12.1. The molecule has 1 aromatic carbocycles. The number of likely N-dealkylation sites (tertiary alicyclic amines) is 1. The zero-order chi connectivity index (χ0) is 12.3. The minimum atomic E-state index is -1.52. The summed E-state index contributed by atoms with van der Waals surface area (Å²) >= 11 is 0.